The van der Waals surface area contributed by atoms with E-state index < -0.39 is 4.92 Å². The summed E-state index contributed by atoms with van der Waals surface area (Å²) >= 11 is 0. The fraction of sp³-hybridized carbons (Fsp3) is 0.600. The number of nitro groups is 1. The predicted octanol–water partition coefficient (Wildman–Crippen LogP) is 3.04. The molecule has 1 aromatic rings. The molecule has 0 radical (unpaired) electrons. The lowest BCUT2D eigenvalue weighted by Gasteiger charge is -2.28. The fourth-order valence-electron chi connectivity index (χ4n) is 2.25. The van der Waals surface area contributed by atoms with E-state index in [0.29, 0.717) is 0 Å². The zero-order chi connectivity index (χ0) is 15.3. The largest absolute Gasteiger partial charge is 0.395 e. The van der Waals surface area contributed by atoms with Crippen LogP contribution < -0.4 is 5.32 Å². The lowest BCUT2D eigenvalue weighted by atomic mass is 9.88. The van der Waals surface area contributed by atoms with Crippen molar-refractivity contribution in [3.8, 4) is 0 Å². The van der Waals surface area contributed by atoms with Gasteiger partial charge in [-0.2, -0.15) is 0 Å². The first-order valence-corrected chi connectivity index (χ1v) is 6.84. The molecule has 1 rings (SSSR count). The molecule has 1 aromatic carbocycles. The number of hydrogen-bond acceptors (Lipinski definition) is 4. The van der Waals surface area contributed by atoms with Gasteiger partial charge in [0.1, 0.15) is 0 Å². The summed E-state index contributed by atoms with van der Waals surface area (Å²) in [5.74, 6) is 0. The minimum Gasteiger partial charge on any atom is -0.395 e. The van der Waals surface area contributed by atoms with Crippen molar-refractivity contribution in [3.05, 3.63) is 39.9 Å². The molecule has 0 aliphatic rings. The van der Waals surface area contributed by atoms with E-state index in [2.05, 4.69) is 26.1 Å². The van der Waals surface area contributed by atoms with Gasteiger partial charge in [0.05, 0.1) is 11.5 Å². The topological polar surface area (TPSA) is 75.4 Å². The van der Waals surface area contributed by atoms with Crippen LogP contribution in [0.5, 0.6) is 0 Å². The summed E-state index contributed by atoms with van der Waals surface area (Å²) in [5.41, 5.74) is 1.20. The first-order chi connectivity index (χ1) is 9.23. The van der Waals surface area contributed by atoms with E-state index in [1.165, 1.54) is 12.1 Å². The second-order valence-corrected chi connectivity index (χ2v) is 6.38. The van der Waals surface area contributed by atoms with Gasteiger partial charge in [-0.3, -0.25) is 10.1 Å². The monoisotopic (exact) mass is 280 g/mol. The Hall–Kier alpha value is -1.46. The van der Waals surface area contributed by atoms with E-state index in [-0.39, 0.29) is 29.8 Å². The highest BCUT2D eigenvalue weighted by atomic mass is 16.6. The highest BCUT2D eigenvalue weighted by Gasteiger charge is 2.20. The minimum atomic E-state index is -0.405. The molecule has 5 nitrogen and oxygen atoms in total. The molecule has 2 atom stereocenters. The Bertz CT molecular complexity index is 437. The van der Waals surface area contributed by atoms with Crippen molar-refractivity contribution < 1.29 is 10.0 Å². The van der Waals surface area contributed by atoms with E-state index >= 15 is 0 Å². The fourth-order valence-corrected chi connectivity index (χ4v) is 2.25. The molecule has 20 heavy (non-hydrogen) atoms. The zero-order valence-corrected chi connectivity index (χ0v) is 12.6. The molecule has 2 unspecified atom stereocenters. The van der Waals surface area contributed by atoms with Crippen LogP contribution in [0.4, 0.5) is 5.69 Å². The number of aliphatic hydroxyl groups excluding tert-OH is 1. The van der Waals surface area contributed by atoms with Crippen LogP contribution in [0, 0.1) is 15.5 Å². The van der Waals surface area contributed by atoms with Gasteiger partial charge >= 0.3 is 0 Å². The molecular weight excluding hydrogens is 256 g/mol. The van der Waals surface area contributed by atoms with E-state index in [0.717, 1.165) is 12.0 Å². The van der Waals surface area contributed by atoms with E-state index in [1.54, 1.807) is 12.1 Å². The predicted molar refractivity (Wildman–Crippen MR) is 79.6 cm³/mol. The summed E-state index contributed by atoms with van der Waals surface area (Å²) in [6.45, 7) is 8.47. The van der Waals surface area contributed by atoms with Crippen molar-refractivity contribution >= 4 is 5.69 Å². The Morgan fingerprint density at radius 1 is 1.30 bits per heavy atom. The van der Waals surface area contributed by atoms with E-state index in [4.69, 9.17) is 0 Å². The number of aliphatic hydroxyl groups is 1. The van der Waals surface area contributed by atoms with Crippen LogP contribution in [0.15, 0.2) is 24.3 Å². The first-order valence-electron chi connectivity index (χ1n) is 6.84. The second-order valence-electron chi connectivity index (χ2n) is 6.38. The molecule has 112 valence electrons. The Balaban J connectivity index is 2.69. The normalized spacial score (nSPS) is 14.8. The van der Waals surface area contributed by atoms with Crippen molar-refractivity contribution in [1.29, 1.82) is 0 Å². The van der Waals surface area contributed by atoms with Gasteiger partial charge in [-0.05, 0) is 24.3 Å². The highest BCUT2D eigenvalue weighted by molar-refractivity contribution is 5.34. The van der Waals surface area contributed by atoms with Crippen molar-refractivity contribution in [3.63, 3.8) is 0 Å². The van der Waals surface area contributed by atoms with Gasteiger partial charge in [-0.15, -0.1) is 0 Å². The summed E-state index contributed by atoms with van der Waals surface area (Å²) in [6, 6.07) is 6.56. The van der Waals surface area contributed by atoms with Crippen molar-refractivity contribution in [2.75, 3.05) is 6.61 Å². The summed E-state index contributed by atoms with van der Waals surface area (Å²) < 4.78 is 0. The molecule has 2 N–H and O–H groups in total. The lowest BCUT2D eigenvalue weighted by Crippen LogP contribution is -2.37. The molecule has 0 aromatic heterocycles. The maximum atomic E-state index is 10.6. The van der Waals surface area contributed by atoms with Gasteiger partial charge in [-0.25, -0.2) is 0 Å². The van der Waals surface area contributed by atoms with Crippen LogP contribution in [-0.4, -0.2) is 22.7 Å². The third-order valence-electron chi connectivity index (χ3n) is 3.17. The molecule has 0 amide bonds. The molecule has 0 fully saturated rings. The Kier molecular flexibility index (Phi) is 5.65. The highest BCUT2D eigenvalue weighted by Crippen LogP contribution is 2.23. The van der Waals surface area contributed by atoms with Crippen molar-refractivity contribution in [1.82, 2.24) is 5.32 Å². The summed E-state index contributed by atoms with van der Waals surface area (Å²) in [6.07, 6.45) is 0.862. The van der Waals surface area contributed by atoms with Crippen molar-refractivity contribution in [2.24, 2.45) is 5.41 Å². The molecule has 0 aliphatic carbocycles. The van der Waals surface area contributed by atoms with E-state index in [9.17, 15) is 15.2 Å². The number of hydrogen-bond donors (Lipinski definition) is 2. The van der Waals surface area contributed by atoms with Gasteiger partial charge in [0.25, 0.3) is 5.69 Å². The van der Waals surface area contributed by atoms with Gasteiger partial charge in [0.15, 0.2) is 0 Å². The van der Waals surface area contributed by atoms with E-state index in [1.807, 2.05) is 6.92 Å². The Morgan fingerprint density at radius 2 is 1.85 bits per heavy atom. The van der Waals surface area contributed by atoms with Gasteiger partial charge in [-0.1, -0.05) is 32.9 Å². The number of non-ortho nitro benzene ring substituents is 1. The number of nitrogens with one attached hydrogen (secondary N) is 1. The molecule has 0 bridgehead atoms. The minimum absolute atomic E-state index is 0.0141. The molecule has 0 heterocycles. The third kappa shape index (κ3) is 5.27. The van der Waals surface area contributed by atoms with Gasteiger partial charge in [0.2, 0.25) is 0 Å². The number of benzene rings is 1. The Morgan fingerprint density at radius 3 is 2.25 bits per heavy atom. The summed E-state index contributed by atoms with van der Waals surface area (Å²) in [4.78, 5) is 10.2. The molecule has 0 aliphatic heterocycles. The van der Waals surface area contributed by atoms with Crippen molar-refractivity contribution in [2.45, 2.75) is 46.2 Å². The molecular formula is C15H24N2O3. The molecule has 5 heteroatoms. The lowest BCUT2D eigenvalue weighted by molar-refractivity contribution is -0.384. The summed E-state index contributed by atoms with van der Waals surface area (Å²) in [5, 5.41) is 23.4. The van der Waals surface area contributed by atoms with Crippen LogP contribution in [0.1, 0.15) is 45.7 Å². The van der Waals surface area contributed by atoms with Crippen LogP contribution in [0.2, 0.25) is 0 Å². The number of rotatable bonds is 6. The second kappa shape index (κ2) is 6.81. The molecule has 0 saturated heterocycles. The quantitative estimate of drug-likeness (QED) is 0.620. The maximum absolute atomic E-state index is 10.6. The zero-order valence-electron chi connectivity index (χ0n) is 12.6. The van der Waals surface area contributed by atoms with Gasteiger partial charge in [0, 0.05) is 24.2 Å². The third-order valence-corrected chi connectivity index (χ3v) is 3.17. The average Bonchev–Trinajstić information content (AvgIpc) is 2.36. The van der Waals surface area contributed by atoms with Gasteiger partial charge < -0.3 is 10.4 Å². The molecule has 0 spiro atoms. The molecule has 0 saturated carbocycles. The standard InChI is InChI=1S/C15H24N2O3/c1-11(16-13(10-18)9-15(2,3)4)12-5-7-14(8-6-12)17(19)20/h5-8,11,13,16,18H,9-10H2,1-4H3. The number of nitrogens with zero attached hydrogens (tertiary/aromatic N) is 1. The first kappa shape index (κ1) is 16.6. The summed E-state index contributed by atoms with van der Waals surface area (Å²) in [7, 11) is 0. The smallest absolute Gasteiger partial charge is 0.269 e. The average molecular weight is 280 g/mol. The Labute approximate surface area is 120 Å². The van der Waals surface area contributed by atoms with Crippen LogP contribution >= 0.6 is 0 Å². The van der Waals surface area contributed by atoms with Crippen LogP contribution in [-0.2, 0) is 0 Å². The van der Waals surface area contributed by atoms with Crippen LogP contribution in [0.3, 0.4) is 0 Å². The number of nitro benzene ring substituents is 1. The SMILES string of the molecule is CC(NC(CO)CC(C)(C)C)c1ccc([N+](=O)[O-])cc1. The van der Waals surface area contributed by atoms with Crippen LogP contribution in [0.25, 0.3) is 0 Å². The maximum Gasteiger partial charge on any atom is 0.269 e.